The van der Waals surface area contributed by atoms with Crippen LogP contribution < -0.4 is 0 Å². The van der Waals surface area contributed by atoms with E-state index >= 15 is 0 Å². The van der Waals surface area contributed by atoms with Crippen LogP contribution in [-0.2, 0) is 11.3 Å². The Morgan fingerprint density at radius 2 is 1.96 bits per heavy atom. The Kier molecular flexibility index (Phi) is 5.51. The molecule has 6 nitrogen and oxygen atoms in total. The fraction of sp³-hybridized carbons (Fsp3) is 0.250. The standard InChI is InChI=1S/C16H15F2N3O3/c1-10-19-6-4-14(20-10)16(24)21(7-5-15(22)23)9-11-2-3-12(17)13(18)8-11/h2-4,6,8H,5,7,9H2,1H3,(H,22,23). The van der Waals surface area contributed by atoms with Gasteiger partial charge in [0.2, 0.25) is 0 Å². The van der Waals surface area contributed by atoms with Crippen molar-refractivity contribution in [2.75, 3.05) is 6.54 Å². The lowest BCUT2D eigenvalue weighted by Gasteiger charge is -2.22. The Balaban J connectivity index is 2.24. The van der Waals surface area contributed by atoms with E-state index in [-0.39, 0.29) is 25.2 Å². The molecule has 0 fully saturated rings. The molecule has 1 aromatic heterocycles. The largest absolute Gasteiger partial charge is 0.481 e. The normalized spacial score (nSPS) is 10.5. The highest BCUT2D eigenvalue weighted by Crippen LogP contribution is 2.13. The van der Waals surface area contributed by atoms with Crippen molar-refractivity contribution >= 4 is 11.9 Å². The molecule has 0 spiro atoms. The number of nitrogens with zero attached hydrogens (tertiary/aromatic N) is 3. The Labute approximate surface area is 136 Å². The van der Waals surface area contributed by atoms with Crippen LogP contribution in [-0.4, -0.2) is 38.4 Å². The van der Waals surface area contributed by atoms with Gasteiger partial charge in [0.1, 0.15) is 11.5 Å². The fourth-order valence-corrected chi connectivity index (χ4v) is 2.08. The number of rotatable bonds is 6. The first-order valence-corrected chi connectivity index (χ1v) is 7.11. The van der Waals surface area contributed by atoms with Crippen LogP contribution in [0, 0.1) is 18.6 Å². The first kappa shape index (κ1) is 17.5. The van der Waals surface area contributed by atoms with E-state index in [0.29, 0.717) is 11.4 Å². The predicted octanol–water partition coefficient (Wildman–Crippen LogP) is 2.18. The van der Waals surface area contributed by atoms with E-state index in [0.717, 1.165) is 12.1 Å². The molecule has 0 atom stereocenters. The topological polar surface area (TPSA) is 83.4 Å². The van der Waals surface area contributed by atoms with Gasteiger partial charge < -0.3 is 10.0 Å². The number of carbonyl (C=O) groups is 2. The SMILES string of the molecule is Cc1nccc(C(=O)N(CCC(=O)O)Cc2ccc(F)c(F)c2)n1. The Hall–Kier alpha value is -2.90. The summed E-state index contributed by atoms with van der Waals surface area (Å²) in [7, 11) is 0. The van der Waals surface area contributed by atoms with E-state index in [1.54, 1.807) is 6.92 Å². The summed E-state index contributed by atoms with van der Waals surface area (Å²) in [5.74, 6) is -3.21. The summed E-state index contributed by atoms with van der Waals surface area (Å²) in [6.07, 6.45) is 1.14. The highest BCUT2D eigenvalue weighted by atomic mass is 19.2. The zero-order valence-corrected chi connectivity index (χ0v) is 12.9. The number of aliphatic carboxylic acids is 1. The van der Waals surface area contributed by atoms with Gasteiger partial charge >= 0.3 is 5.97 Å². The van der Waals surface area contributed by atoms with E-state index in [9.17, 15) is 18.4 Å². The van der Waals surface area contributed by atoms with Crippen molar-refractivity contribution < 1.29 is 23.5 Å². The highest BCUT2D eigenvalue weighted by Gasteiger charge is 2.19. The highest BCUT2D eigenvalue weighted by molar-refractivity contribution is 5.92. The number of amides is 1. The average Bonchev–Trinajstić information content (AvgIpc) is 2.54. The Bertz CT molecular complexity index is 768. The molecule has 8 heteroatoms. The smallest absolute Gasteiger partial charge is 0.305 e. The molecule has 0 aliphatic heterocycles. The summed E-state index contributed by atoms with van der Waals surface area (Å²) in [5.41, 5.74) is 0.453. The van der Waals surface area contributed by atoms with E-state index in [4.69, 9.17) is 5.11 Å². The second-order valence-electron chi connectivity index (χ2n) is 5.11. The third-order valence-corrected chi connectivity index (χ3v) is 3.24. The molecule has 126 valence electrons. The lowest BCUT2D eigenvalue weighted by Crippen LogP contribution is -2.33. The number of aromatic nitrogens is 2. The van der Waals surface area contributed by atoms with Gasteiger partial charge in [0.15, 0.2) is 11.6 Å². The van der Waals surface area contributed by atoms with Gasteiger partial charge in [-0.05, 0) is 30.7 Å². The van der Waals surface area contributed by atoms with Gasteiger partial charge in [-0.3, -0.25) is 9.59 Å². The molecule has 2 aromatic rings. The van der Waals surface area contributed by atoms with Gasteiger partial charge in [-0.15, -0.1) is 0 Å². The number of carboxylic acids is 1. The van der Waals surface area contributed by atoms with Gasteiger partial charge in [0.25, 0.3) is 5.91 Å². The maximum atomic E-state index is 13.3. The first-order chi connectivity index (χ1) is 11.4. The van der Waals surface area contributed by atoms with E-state index in [1.165, 1.54) is 23.2 Å². The second-order valence-corrected chi connectivity index (χ2v) is 5.11. The van der Waals surface area contributed by atoms with Crippen molar-refractivity contribution in [1.82, 2.24) is 14.9 Å². The fourth-order valence-electron chi connectivity index (χ4n) is 2.08. The van der Waals surface area contributed by atoms with Crippen LogP contribution in [0.15, 0.2) is 30.5 Å². The summed E-state index contributed by atoms with van der Waals surface area (Å²) in [6, 6.07) is 4.68. The van der Waals surface area contributed by atoms with E-state index in [2.05, 4.69) is 9.97 Å². The minimum Gasteiger partial charge on any atom is -0.481 e. The number of benzene rings is 1. The summed E-state index contributed by atoms with van der Waals surface area (Å²) < 4.78 is 26.3. The summed E-state index contributed by atoms with van der Waals surface area (Å²) in [6.45, 7) is 1.47. The van der Waals surface area contributed by atoms with Crippen LogP contribution in [0.5, 0.6) is 0 Å². The third-order valence-electron chi connectivity index (χ3n) is 3.24. The van der Waals surface area contributed by atoms with Crippen molar-refractivity contribution in [3.63, 3.8) is 0 Å². The zero-order chi connectivity index (χ0) is 17.7. The molecule has 0 aliphatic carbocycles. The number of hydrogen-bond donors (Lipinski definition) is 1. The van der Waals surface area contributed by atoms with Crippen molar-refractivity contribution in [2.24, 2.45) is 0 Å². The van der Waals surface area contributed by atoms with Crippen molar-refractivity contribution in [3.8, 4) is 0 Å². The van der Waals surface area contributed by atoms with Crippen LogP contribution in [0.2, 0.25) is 0 Å². The van der Waals surface area contributed by atoms with Crippen LogP contribution in [0.25, 0.3) is 0 Å². The minimum atomic E-state index is -1.07. The maximum Gasteiger partial charge on any atom is 0.305 e. The number of carbonyl (C=O) groups excluding carboxylic acids is 1. The number of carboxylic acid groups (broad SMARTS) is 1. The van der Waals surface area contributed by atoms with E-state index in [1.807, 2.05) is 0 Å². The Morgan fingerprint density at radius 3 is 2.58 bits per heavy atom. The Morgan fingerprint density at radius 1 is 1.21 bits per heavy atom. The predicted molar refractivity (Wildman–Crippen MR) is 80.1 cm³/mol. The molecule has 1 heterocycles. The summed E-state index contributed by atoms with van der Waals surface area (Å²) >= 11 is 0. The molecule has 0 saturated heterocycles. The summed E-state index contributed by atoms with van der Waals surface area (Å²) in [5, 5.41) is 8.83. The van der Waals surface area contributed by atoms with Gasteiger partial charge in [-0.25, -0.2) is 18.7 Å². The molecule has 1 N–H and O–H groups in total. The average molecular weight is 335 g/mol. The lowest BCUT2D eigenvalue weighted by atomic mass is 10.2. The van der Waals surface area contributed by atoms with Crippen molar-refractivity contribution in [1.29, 1.82) is 0 Å². The number of aryl methyl sites for hydroxylation is 1. The molecule has 1 amide bonds. The molecular formula is C16H15F2N3O3. The van der Waals surface area contributed by atoms with Crippen molar-refractivity contribution in [3.05, 3.63) is 59.2 Å². The minimum absolute atomic E-state index is 0.0631. The summed E-state index contributed by atoms with van der Waals surface area (Å²) in [4.78, 5) is 32.5. The van der Waals surface area contributed by atoms with Gasteiger partial charge in [-0.1, -0.05) is 6.07 Å². The van der Waals surface area contributed by atoms with Crippen LogP contribution in [0.1, 0.15) is 28.3 Å². The molecule has 0 aliphatic rings. The molecule has 0 unspecified atom stereocenters. The molecule has 0 bridgehead atoms. The van der Waals surface area contributed by atoms with Gasteiger partial charge in [-0.2, -0.15) is 0 Å². The van der Waals surface area contributed by atoms with Crippen LogP contribution >= 0.6 is 0 Å². The number of halogens is 2. The van der Waals surface area contributed by atoms with Gasteiger partial charge in [0.05, 0.1) is 6.42 Å². The molecule has 0 radical (unpaired) electrons. The number of hydrogen-bond acceptors (Lipinski definition) is 4. The van der Waals surface area contributed by atoms with E-state index < -0.39 is 23.5 Å². The quantitative estimate of drug-likeness (QED) is 0.875. The molecule has 24 heavy (non-hydrogen) atoms. The zero-order valence-electron chi connectivity index (χ0n) is 12.9. The van der Waals surface area contributed by atoms with Gasteiger partial charge in [0, 0.05) is 19.3 Å². The second kappa shape index (κ2) is 7.58. The first-order valence-electron chi connectivity index (χ1n) is 7.11. The lowest BCUT2D eigenvalue weighted by molar-refractivity contribution is -0.137. The van der Waals surface area contributed by atoms with Crippen molar-refractivity contribution in [2.45, 2.75) is 19.9 Å². The van der Waals surface area contributed by atoms with Crippen LogP contribution in [0.3, 0.4) is 0 Å². The molecule has 0 saturated carbocycles. The maximum absolute atomic E-state index is 13.3. The molecule has 1 aromatic carbocycles. The monoisotopic (exact) mass is 335 g/mol. The van der Waals surface area contributed by atoms with Crippen LogP contribution in [0.4, 0.5) is 8.78 Å². The molecular weight excluding hydrogens is 320 g/mol. The third kappa shape index (κ3) is 4.55. The molecule has 2 rings (SSSR count).